The quantitative estimate of drug-likeness (QED) is 0.693. The number of nitrogens with zero attached hydrogens (tertiary/aromatic N) is 1. The first-order valence-corrected chi connectivity index (χ1v) is 9.50. The Morgan fingerprint density at radius 2 is 2.24 bits per heavy atom. The van der Waals surface area contributed by atoms with E-state index in [1.807, 2.05) is 0 Å². The highest BCUT2D eigenvalue weighted by atomic mass is 35.5. The van der Waals surface area contributed by atoms with Gasteiger partial charge in [-0.25, -0.2) is 22.3 Å². The van der Waals surface area contributed by atoms with Crippen LogP contribution in [0.2, 0.25) is 5.02 Å². The van der Waals surface area contributed by atoms with Crippen LogP contribution in [-0.2, 0) is 14.8 Å². The molecule has 1 saturated heterocycles. The molecule has 140 valence electrons. The molecule has 1 fully saturated rings. The van der Waals surface area contributed by atoms with Crippen molar-refractivity contribution in [2.75, 3.05) is 32.5 Å². The number of carboxylic acid groups (broad SMARTS) is 1. The van der Waals surface area contributed by atoms with Gasteiger partial charge >= 0.3 is 6.09 Å². The summed E-state index contributed by atoms with van der Waals surface area (Å²) >= 11 is 5.65. The Bertz CT molecular complexity index is 762. The highest BCUT2D eigenvalue weighted by Gasteiger charge is 2.44. The van der Waals surface area contributed by atoms with Crippen LogP contribution in [0.4, 0.5) is 9.18 Å². The number of sulfonamides is 1. The van der Waals surface area contributed by atoms with Crippen molar-refractivity contribution in [2.24, 2.45) is 0 Å². The van der Waals surface area contributed by atoms with Crippen molar-refractivity contribution in [3.05, 3.63) is 34.6 Å². The van der Waals surface area contributed by atoms with Gasteiger partial charge in [-0.15, -0.1) is 0 Å². The summed E-state index contributed by atoms with van der Waals surface area (Å²) in [5, 5.41) is 20.1. The van der Waals surface area contributed by atoms with Crippen LogP contribution in [0.5, 0.6) is 0 Å². The standard InChI is InChI=1S/C14H18ClFN2O6S/c1-25(22,23)17-7-14(21)8-18(13(19)20)4-5-24-12(14)9-2-3-10(15)11(16)6-9/h2-3,6,12,17,21H,4-5,7-8H2,1H3,(H,19,20)/t12-,14-/m0/s1. The molecule has 11 heteroatoms. The van der Waals surface area contributed by atoms with Gasteiger partial charge in [-0.3, -0.25) is 0 Å². The Labute approximate surface area is 149 Å². The fraction of sp³-hybridized carbons (Fsp3) is 0.500. The summed E-state index contributed by atoms with van der Waals surface area (Å²) in [7, 11) is -3.66. The van der Waals surface area contributed by atoms with E-state index in [0.717, 1.165) is 17.2 Å². The summed E-state index contributed by atoms with van der Waals surface area (Å²) < 4.78 is 44.3. The van der Waals surface area contributed by atoms with E-state index in [0.29, 0.717) is 0 Å². The molecule has 0 spiro atoms. The normalized spacial score (nSPS) is 24.8. The van der Waals surface area contributed by atoms with Crippen LogP contribution in [0.3, 0.4) is 0 Å². The lowest BCUT2D eigenvalue weighted by atomic mass is 9.90. The van der Waals surface area contributed by atoms with E-state index in [1.54, 1.807) is 0 Å². The molecule has 0 aliphatic carbocycles. The number of rotatable bonds is 4. The number of hydrogen-bond acceptors (Lipinski definition) is 5. The summed E-state index contributed by atoms with van der Waals surface area (Å²) in [5.41, 5.74) is -1.73. The average Bonchev–Trinajstić information content (AvgIpc) is 2.67. The van der Waals surface area contributed by atoms with Crippen molar-refractivity contribution >= 4 is 27.7 Å². The molecule has 3 N–H and O–H groups in total. The lowest BCUT2D eigenvalue weighted by molar-refractivity contribution is -0.0948. The second-order valence-corrected chi connectivity index (χ2v) is 8.07. The van der Waals surface area contributed by atoms with Crippen LogP contribution >= 0.6 is 11.6 Å². The van der Waals surface area contributed by atoms with E-state index < -0.39 is 46.7 Å². The molecule has 2 atom stereocenters. The highest BCUT2D eigenvalue weighted by molar-refractivity contribution is 7.88. The molecule has 1 aromatic rings. The zero-order valence-electron chi connectivity index (χ0n) is 13.3. The first-order valence-electron chi connectivity index (χ1n) is 7.23. The van der Waals surface area contributed by atoms with E-state index in [4.69, 9.17) is 16.3 Å². The lowest BCUT2D eigenvalue weighted by Crippen LogP contribution is -2.54. The molecular weight excluding hydrogens is 379 g/mol. The summed E-state index contributed by atoms with van der Waals surface area (Å²) in [5.74, 6) is -0.736. The van der Waals surface area contributed by atoms with Gasteiger partial charge in [-0.1, -0.05) is 17.7 Å². The van der Waals surface area contributed by atoms with Gasteiger partial charge in [0.2, 0.25) is 10.0 Å². The maximum atomic E-state index is 13.8. The summed E-state index contributed by atoms with van der Waals surface area (Å²) in [6.45, 7) is -1.00. The monoisotopic (exact) mass is 396 g/mol. The molecule has 1 heterocycles. The van der Waals surface area contributed by atoms with Crippen molar-refractivity contribution in [1.82, 2.24) is 9.62 Å². The predicted molar refractivity (Wildman–Crippen MR) is 87.5 cm³/mol. The predicted octanol–water partition coefficient (Wildman–Crippen LogP) is 0.811. The molecule has 0 bridgehead atoms. The molecule has 0 unspecified atom stereocenters. The Kier molecular flexibility index (Phi) is 5.89. The fourth-order valence-corrected chi connectivity index (χ4v) is 3.21. The number of ether oxygens (including phenoxy) is 1. The molecule has 2 rings (SSSR count). The second-order valence-electron chi connectivity index (χ2n) is 5.83. The summed E-state index contributed by atoms with van der Waals surface area (Å²) in [6.07, 6.45) is -1.54. The van der Waals surface area contributed by atoms with Gasteiger partial charge < -0.3 is 19.8 Å². The number of hydrogen-bond donors (Lipinski definition) is 3. The van der Waals surface area contributed by atoms with Gasteiger partial charge in [0, 0.05) is 13.1 Å². The summed E-state index contributed by atoms with van der Waals surface area (Å²) in [4.78, 5) is 12.2. The fourth-order valence-electron chi connectivity index (χ4n) is 2.58. The third-order valence-corrected chi connectivity index (χ3v) is 4.73. The largest absolute Gasteiger partial charge is 0.465 e. The maximum absolute atomic E-state index is 13.8. The third kappa shape index (κ3) is 5.02. The molecule has 0 radical (unpaired) electrons. The molecule has 8 nitrogen and oxygen atoms in total. The number of carbonyl (C=O) groups is 1. The molecule has 0 saturated carbocycles. The van der Waals surface area contributed by atoms with Crippen molar-refractivity contribution in [3.63, 3.8) is 0 Å². The number of amides is 1. The van der Waals surface area contributed by atoms with E-state index >= 15 is 0 Å². The average molecular weight is 397 g/mol. The first-order chi connectivity index (χ1) is 11.5. The Hall–Kier alpha value is -1.46. The maximum Gasteiger partial charge on any atom is 0.407 e. The smallest absolute Gasteiger partial charge is 0.407 e. The van der Waals surface area contributed by atoms with Crippen LogP contribution in [-0.4, -0.2) is 67.7 Å². The topological polar surface area (TPSA) is 116 Å². The van der Waals surface area contributed by atoms with Crippen LogP contribution < -0.4 is 4.72 Å². The van der Waals surface area contributed by atoms with Gasteiger partial charge in [0.15, 0.2) is 0 Å². The van der Waals surface area contributed by atoms with E-state index in [-0.39, 0.29) is 23.7 Å². The number of aliphatic hydroxyl groups is 1. The zero-order chi connectivity index (χ0) is 18.8. The van der Waals surface area contributed by atoms with E-state index in [2.05, 4.69) is 4.72 Å². The molecular formula is C14H18ClFN2O6S. The van der Waals surface area contributed by atoms with Crippen LogP contribution in [0.15, 0.2) is 18.2 Å². The Balaban J connectivity index is 2.41. The molecule has 0 aromatic heterocycles. The lowest BCUT2D eigenvalue weighted by Gasteiger charge is -2.36. The SMILES string of the molecule is CS(=O)(=O)NC[C@]1(O)CN(C(=O)O)CCO[C@H]1c1ccc(Cl)c(F)c1. The number of benzene rings is 1. The second kappa shape index (κ2) is 7.42. The van der Waals surface area contributed by atoms with Gasteiger partial charge in [0.25, 0.3) is 0 Å². The van der Waals surface area contributed by atoms with Gasteiger partial charge in [0.1, 0.15) is 17.5 Å². The minimum atomic E-state index is -3.66. The van der Waals surface area contributed by atoms with Crippen molar-refractivity contribution in [2.45, 2.75) is 11.7 Å². The number of β-amino-alcohol motifs (C(OH)–C–C–N with tert-alkyl or cyclic N) is 1. The van der Waals surface area contributed by atoms with Crippen LogP contribution in [0.25, 0.3) is 0 Å². The minimum Gasteiger partial charge on any atom is -0.465 e. The van der Waals surface area contributed by atoms with Gasteiger partial charge in [-0.2, -0.15) is 0 Å². The molecule has 1 aliphatic heterocycles. The molecule has 1 aromatic carbocycles. The van der Waals surface area contributed by atoms with Gasteiger partial charge in [-0.05, 0) is 17.7 Å². The van der Waals surface area contributed by atoms with Crippen LogP contribution in [0, 0.1) is 5.82 Å². The van der Waals surface area contributed by atoms with E-state index in [9.17, 15) is 27.8 Å². The summed E-state index contributed by atoms with van der Waals surface area (Å²) in [6, 6.07) is 3.77. The Morgan fingerprint density at radius 3 is 2.80 bits per heavy atom. The molecule has 1 aliphatic rings. The zero-order valence-corrected chi connectivity index (χ0v) is 14.8. The molecule has 25 heavy (non-hydrogen) atoms. The highest BCUT2D eigenvalue weighted by Crippen LogP contribution is 2.34. The van der Waals surface area contributed by atoms with Gasteiger partial charge in [0.05, 0.1) is 24.4 Å². The Morgan fingerprint density at radius 1 is 1.56 bits per heavy atom. The number of halogens is 2. The minimum absolute atomic E-state index is 0.0247. The molecule has 1 amide bonds. The van der Waals surface area contributed by atoms with Crippen molar-refractivity contribution in [1.29, 1.82) is 0 Å². The van der Waals surface area contributed by atoms with Crippen molar-refractivity contribution in [3.8, 4) is 0 Å². The first kappa shape index (κ1) is 19.9. The van der Waals surface area contributed by atoms with E-state index in [1.165, 1.54) is 12.1 Å². The van der Waals surface area contributed by atoms with Crippen molar-refractivity contribution < 1.29 is 32.6 Å². The van der Waals surface area contributed by atoms with Crippen LogP contribution in [0.1, 0.15) is 11.7 Å². The third-order valence-electron chi connectivity index (χ3n) is 3.76. The number of nitrogens with one attached hydrogen (secondary N) is 1.